The van der Waals surface area contributed by atoms with Gasteiger partial charge in [0.15, 0.2) is 5.96 Å². The summed E-state index contributed by atoms with van der Waals surface area (Å²) in [7, 11) is 3.29. The number of methoxy groups -OCH3 is 2. The molecule has 0 heterocycles. The summed E-state index contributed by atoms with van der Waals surface area (Å²) in [6, 6.07) is 15.0. The van der Waals surface area contributed by atoms with Crippen LogP contribution in [0.25, 0.3) is 0 Å². The van der Waals surface area contributed by atoms with Gasteiger partial charge in [-0.05, 0) is 36.8 Å². The van der Waals surface area contributed by atoms with Gasteiger partial charge in [0.25, 0.3) is 0 Å². The molecule has 1 atom stereocenters. The average molecular weight is 402 g/mol. The third-order valence-corrected chi connectivity index (χ3v) is 4.13. The summed E-state index contributed by atoms with van der Waals surface area (Å²) in [4.78, 5) is 4.50. The van der Waals surface area contributed by atoms with Crippen LogP contribution < -0.4 is 20.1 Å². The lowest BCUT2D eigenvalue weighted by Gasteiger charge is -2.14. The van der Waals surface area contributed by atoms with Crippen LogP contribution in [-0.4, -0.2) is 51.6 Å². The van der Waals surface area contributed by atoms with Crippen LogP contribution in [0.2, 0.25) is 0 Å². The normalized spacial score (nSPS) is 12.3. The number of hydrogen-bond acceptors (Lipinski definition) is 5. The molecule has 29 heavy (non-hydrogen) atoms. The van der Waals surface area contributed by atoms with E-state index < -0.39 is 6.10 Å². The lowest BCUT2D eigenvalue weighted by Crippen LogP contribution is -2.31. The van der Waals surface area contributed by atoms with Gasteiger partial charge in [-0.3, -0.25) is 0 Å². The Bertz CT molecular complexity index is 750. The topological polar surface area (TPSA) is 84.3 Å². The van der Waals surface area contributed by atoms with Gasteiger partial charge >= 0.3 is 0 Å². The molecule has 158 valence electrons. The molecule has 0 aliphatic carbocycles. The van der Waals surface area contributed by atoms with Crippen molar-refractivity contribution in [3.8, 4) is 11.5 Å². The van der Waals surface area contributed by atoms with Gasteiger partial charge in [-0.1, -0.05) is 18.2 Å². The van der Waals surface area contributed by atoms with Crippen LogP contribution in [0, 0.1) is 0 Å². The Kier molecular flexibility index (Phi) is 9.82. The molecule has 0 amide bonds. The van der Waals surface area contributed by atoms with Crippen LogP contribution in [-0.2, 0) is 4.74 Å². The number of nitrogens with one attached hydrogen (secondary N) is 2. The lowest BCUT2D eigenvalue weighted by molar-refractivity contribution is 0.172. The van der Waals surface area contributed by atoms with E-state index in [2.05, 4.69) is 15.6 Å². The number of anilines is 1. The maximum absolute atomic E-state index is 10.4. The minimum atomic E-state index is -0.702. The zero-order chi connectivity index (χ0) is 20.9. The Balaban J connectivity index is 1.97. The number of aliphatic hydroxyl groups is 1. The smallest absolute Gasteiger partial charge is 0.195 e. The fraction of sp³-hybridized carbons (Fsp3) is 0.409. The van der Waals surface area contributed by atoms with Crippen molar-refractivity contribution in [2.75, 3.05) is 45.8 Å². The molecule has 2 rings (SSSR count). The summed E-state index contributed by atoms with van der Waals surface area (Å²) in [5, 5.41) is 16.9. The van der Waals surface area contributed by atoms with Crippen molar-refractivity contribution in [1.82, 2.24) is 5.32 Å². The van der Waals surface area contributed by atoms with Crippen molar-refractivity contribution < 1.29 is 19.3 Å². The fourth-order valence-electron chi connectivity index (χ4n) is 2.61. The first-order valence-corrected chi connectivity index (χ1v) is 9.75. The second-order valence-electron chi connectivity index (χ2n) is 6.36. The van der Waals surface area contributed by atoms with Crippen LogP contribution in [0.3, 0.4) is 0 Å². The van der Waals surface area contributed by atoms with Crippen molar-refractivity contribution in [3.63, 3.8) is 0 Å². The van der Waals surface area contributed by atoms with Gasteiger partial charge in [-0.25, -0.2) is 4.99 Å². The molecule has 7 nitrogen and oxygen atoms in total. The van der Waals surface area contributed by atoms with Crippen molar-refractivity contribution in [2.24, 2.45) is 4.99 Å². The summed E-state index contributed by atoms with van der Waals surface area (Å²) >= 11 is 0. The molecule has 0 bridgehead atoms. The van der Waals surface area contributed by atoms with E-state index in [9.17, 15) is 5.11 Å². The predicted octanol–water partition coefficient (Wildman–Crippen LogP) is 3.22. The van der Waals surface area contributed by atoms with Crippen LogP contribution in [0.15, 0.2) is 53.5 Å². The Morgan fingerprint density at radius 1 is 1.07 bits per heavy atom. The van der Waals surface area contributed by atoms with Gasteiger partial charge in [-0.15, -0.1) is 0 Å². The molecular weight excluding hydrogens is 370 g/mol. The highest BCUT2D eigenvalue weighted by molar-refractivity contribution is 5.93. The molecule has 0 spiro atoms. The van der Waals surface area contributed by atoms with Gasteiger partial charge in [0.1, 0.15) is 11.5 Å². The number of ether oxygens (including phenoxy) is 3. The highest BCUT2D eigenvalue weighted by Crippen LogP contribution is 2.19. The monoisotopic (exact) mass is 401 g/mol. The van der Waals surface area contributed by atoms with E-state index in [-0.39, 0.29) is 6.54 Å². The first-order chi connectivity index (χ1) is 14.2. The van der Waals surface area contributed by atoms with Crippen LogP contribution >= 0.6 is 0 Å². The summed E-state index contributed by atoms with van der Waals surface area (Å²) < 4.78 is 15.9. The van der Waals surface area contributed by atoms with Crippen molar-refractivity contribution in [1.29, 1.82) is 0 Å². The highest BCUT2D eigenvalue weighted by atomic mass is 16.5. The van der Waals surface area contributed by atoms with Crippen molar-refractivity contribution in [2.45, 2.75) is 19.4 Å². The van der Waals surface area contributed by atoms with Crippen LogP contribution in [0.5, 0.6) is 11.5 Å². The number of guanidine groups is 1. The zero-order valence-corrected chi connectivity index (χ0v) is 17.4. The van der Waals surface area contributed by atoms with Gasteiger partial charge in [-0.2, -0.15) is 0 Å². The van der Waals surface area contributed by atoms with E-state index in [1.807, 2.05) is 55.5 Å². The van der Waals surface area contributed by atoms with Crippen LogP contribution in [0.1, 0.15) is 25.0 Å². The Morgan fingerprint density at radius 2 is 1.86 bits per heavy atom. The second-order valence-corrected chi connectivity index (χ2v) is 6.36. The van der Waals surface area contributed by atoms with Crippen LogP contribution in [0.4, 0.5) is 5.69 Å². The minimum Gasteiger partial charge on any atom is -0.497 e. The largest absolute Gasteiger partial charge is 0.497 e. The molecule has 0 saturated heterocycles. The lowest BCUT2D eigenvalue weighted by atomic mass is 10.1. The summed E-state index contributed by atoms with van der Waals surface area (Å²) in [5.74, 6) is 2.13. The Morgan fingerprint density at radius 3 is 2.55 bits per heavy atom. The minimum absolute atomic E-state index is 0.231. The van der Waals surface area contributed by atoms with E-state index in [1.165, 1.54) is 0 Å². The molecule has 0 radical (unpaired) electrons. The first-order valence-electron chi connectivity index (χ1n) is 9.75. The quantitative estimate of drug-likeness (QED) is 0.305. The predicted molar refractivity (Wildman–Crippen MR) is 116 cm³/mol. The van der Waals surface area contributed by atoms with Gasteiger partial charge in [0.2, 0.25) is 0 Å². The first kappa shape index (κ1) is 22.5. The molecule has 2 aromatic rings. The number of nitrogens with zero attached hydrogens (tertiary/aromatic N) is 1. The van der Waals surface area contributed by atoms with E-state index in [0.29, 0.717) is 25.7 Å². The SMILES string of the molecule is CCNC(=NCC(O)c1ccc(OC)cc1)Nc1cccc(OCCCOC)c1. The maximum Gasteiger partial charge on any atom is 0.195 e. The average Bonchev–Trinajstić information content (AvgIpc) is 2.75. The summed E-state index contributed by atoms with van der Waals surface area (Å²) in [6.45, 7) is 4.20. The molecule has 2 aromatic carbocycles. The molecule has 0 aliphatic heterocycles. The number of aliphatic hydroxyl groups excluding tert-OH is 1. The third-order valence-electron chi connectivity index (χ3n) is 4.13. The molecular formula is C22H31N3O4. The van der Waals surface area contributed by atoms with Gasteiger partial charge in [0, 0.05) is 38.4 Å². The Hall–Kier alpha value is -2.77. The van der Waals surface area contributed by atoms with Crippen molar-refractivity contribution in [3.05, 3.63) is 54.1 Å². The summed E-state index contributed by atoms with van der Waals surface area (Å²) in [6.07, 6.45) is 0.133. The van der Waals surface area contributed by atoms with Gasteiger partial charge < -0.3 is 30.0 Å². The molecule has 0 fully saturated rings. The second kappa shape index (κ2) is 12.6. The molecule has 0 aliphatic rings. The Labute approximate surface area is 172 Å². The molecule has 0 aromatic heterocycles. The molecule has 3 N–H and O–H groups in total. The van der Waals surface area contributed by atoms with E-state index in [1.54, 1.807) is 14.2 Å². The number of rotatable bonds is 11. The molecule has 7 heteroatoms. The standard InChI is InChI=1S/C22H31N3O4/c1-4-23-22(24-16-21(26)17-9-11-19(28-3)12-10-17)25-18-7-5-8-20(15-18)29-14-6-13-27-2/h5,7-12,15,21,26H,4,6,13-14,16H2,1-3H3,(H2,23,24,25). The number of benzene rings is 2. The maximum atomic E-state index is 10.4. The van der Waals surface area contributed by atoms with E-state index in [4.69, 9.17) is 14.2 Å². The summed E-state index contributed by atoms with van der Waals surface area (Å²) in [5.41, 5.74) is 1.64. The highest BCUT2D eigenvalue weighted by Gasteiger charge is 2.08. The third kappa shape index (κ3) is 8.01. The number of hydrogen-bond donors (Lipinski definition) is 3. The molecule has 0 saturated carbocycles. The van der Waals surface area contributed by atoms with E-state index >= 15 is 0 Å². The zero-order valence-electron chi connectivity index (χ0n) is 17.4. The van der Waals surface area contributed by atoms with E-state index in [0.717, 1.165) is 29.2 Å². The number of aliphatic imine (C=N–C) groups is 1. The molecule has 1 unspecified atom stereocenters. The fourth-order valence-corrected chi connectivity index (χ4v) is 2.61. The van der Waals surface area contributed by atoms with Gasteiger partial charge in [0.05, 0.1) is 26.4 Å². The van der Waals surface area contributed by atoms with Crippen molar-refractivity contribution >= 4 is 11.6 Å².